The van der Waals surface area contributed by atoms with Crippen molar-refractivity contribution in [2.45, 2.75) is 26.2 Å². The first-order chi connectivity index (χ1) is 9.13. The average molecular weight is 261 g/mol. The second-order valence-electron chi connectivity index (χ2n) is 4.76. The van der Waals surface area contributed by atoms with Gasteiger partial charge in [-0.1, -0.05) is 13.8 Å². The molecule has 0 saturated carbocycles. The van der Waals surface area contributed by atoms with Crippen molar-refractivity contribution in [3.05, 3.63) is 29.7 Å². The molecule has 0 spiro atoms. The highest BCUT2D eigenvalue weighted by molar-refractivity contribution is 5.94. The normalized spacial score (nSPS) is 11.2. The summed E-state index contributed by atoms with van der Waals surface area (Å²) in [6, 6.07) is 3.56. The fraction of sp³-hybridized carbons (Fsp3) is 0.462. The van der Waals surface area contributed by atoms with Gasteiger partial charge in [0.05, 0.1) is 5.56 Å². The number of fused-ring (bicyclic) bond motifs is 1. The van der Waals surface area contributed by atoms with Crippen LogP contribution in [-0.4, -0.2) is 33.6 Å². The minimum atomic E-state index is -0.0984. The number of amides is 1. The fourth-order valence-electron chi connectivity index (χ4n) is 1.84. The van der Waals surface area contributed by atoms with Gasteiger partial charge in [-0.2, -0.15) is 0 Å². The molecule has 0 radical (unpaired) electrons. The Bertz CT molecular complexity index is 575. The summed E-state index contributed by atoms with van der Waals surface area (Å²) in [5, 5.41) is 11.0. The molecule has 0 aliphatic rings. The van der Waals surface area contributed by atoms with Crippen LogP contribution < -0.4 is 11.1 Å². The van der Waals surface area contributed by atoms with Crippen LogP contribution in [0.15, 0.2) is 18.3 Å². The summed E-state index contributed by atoms with van der Waals surface area (Å²) < 4.78 is 1.86. The zero-order valence-electron chi connectivity index (χ0n) is 11.3. The van der Waals surface area contributed by atoms with Crippen LogP contribution in [0.1, 0.15) is 42.4 Å². The molecule has 3 N–H and O–H groups in total. The topological polar surface area (TPSA) is 85.3 Å². The van der Waals surface area contributed by atoms with E-state index in [2.05, 4.69) is 15.5 Å². The number of rotatable bonds is 5. The Morgan fingerprint density at radius 1 is 1.42 bits per heavy atom. The van der Waals surface area contributed by atoms with Gasteiger partial charge in [0.2, 0.25) is 0 Å². The van der Waals surface area contributed by atoms with Crippen LogP contribution in [0.5, 0.6) is 0 Å². The molecule has 6 nitrogen and oxygen atoms in total. The predicted molar refractivity (Wildman–Crippen MR) is 73.1 cm³/mol. The van der Waals surface area contributed by atoms with Crippen LogP contribution in [0.4, 0.5) is 0 Å². The highest BCUT2D eigenvalue weighted by Gasteiger charge is 2.12. The van der Waals surface area contributed by atoms with Crippen molar-refractivity contribution in [3.8, 4) is 0 Å². The van der Waals surface area contributed by atoms with Crippen LogP contribution in [0.25, 0.3) is 5.65 Å². The van der Waals surface area contributed by atoms with Crippen molar-refractivity contribution in [3.63, 3.8) is 0 Å². The summed E-state index contributed by atoms with van der Waals surface area (Å²) in [6.07, 6.45) is 2.56. The van der Waals surface area contributed by atoms with Crippen LogP contribution in [-0.2, 0) is 0 Å². The molecule has 0 saturated heterocycles. The quantitative estimate of drug-likeness (QED) is 0.784. The monoisotopic (exact) mass is 261 g/mol. The van der Waals surface area contributed by atoms with Crippen molar-refractivity contribution < 1.29 is 4.79 Å². The number of carbonyl (C=O) groups excluding carboxylic acids is 1. The van der Waals surface area contributed by atoms with Crippen molar-refractivity contribution >= 4 is 11.6 Å². The number of hydrogen-bond donors (Lipinski definition) is 2. The Labute approximate surface area is 112 Å². The second kappa shape index (κ2) is 5.79. The molecule has 102 valence electrons. The molecule has 0 aliphatic carbocycles. The summed E-state index contributed by atoms with van der Waals surface area (Å²) in [7, 11) is 0. The van der Waals surface area contributed by atoms with Crippen molar-refractivity contribution in [1.29, 1.82) is 0 Å². The number of nitrogens with two attached hydrogens (primary N) is 1. The highest BCUT2D eigenvalue weighted by atomic mass is 16.1. The third-order valence-electron chi connectivity index (χ3n) is 2.87. The molecule has 0 bridgehead atoms. The molecule has 2 rings (SSSR count). The van der Waals surface area contributed by atoms with E-state index in [0.29, 0.717) is 18.7 Å². The largest absolute Gasteiger partial charge is 0.352 e. The van der Waals surface area contributed by atoms with E-state index in [1.165, 1.54) is 0 Å². The van der Waals surface area contributed by atoms with Gasteiger partial charge in [0, 0.05) is 18.7 Å². The van der Waals surface area contributed by atoms with E-state index in [1.54, 1.807) is 18.3 Å². The van der Waals surface area contributed by atoms with E-state index >= 15 is 0 Å². The lowest BCUT2D eigenvalue weighted by atomic mass is 10.2. The third kappa shape index (κ3) is 2.90. The molecular formula is C13H19N5O. The Balaban J connectivity index is 2.24. The molecule has 6 heteroatoms. The van der Waals surface area contributed by atoms with Crippen molar-refractivity contribution in [2.24, 2.45) is 5.73 Å². The zero-order valence-corrected chi connectivity index (χ0v) is 11.3. The van der Waals surface area contributed by atoms with Crippen LogP contribution in [0, 0.1) is 0 Å². The van der Waals surface area contributed by atoms with Gasteiger partial charge in [-0.3, -0.25) is 9.20 Å². The van der Waals surface area contributed by atoms with Gasteiger partial charge < -0.3 is 11.1 Å². The molecule has 1 amide bonds. The number of hydrogen-bond acceptors (Lipinski definition) is 4. The fourth-order valence-corrected chi connectivity index (χ4v) is 1.84. The minimum Gasteiger partial charge on any atom is -0.352 e. The maximum Gasteiger partial charge on any atom is 0.252 e. The summed E-state index contributed by atoms with van der Waals surface area (Å²) in [5.74, 6) is 1.01. The first kappa shape index (κ1) is 13.5. The second-order valence-corrected chi connectivity index (χ2v) is 4.76. The van der Waals surface area contributed by atoms with E-state index in [4.69, 9.17) is 5.73 Å². The van der Waals surface area contributed by atoms with Gasteiger partial charge in [-0.05, 0) is 25.1 Å². The van der Waals surface area contributed by atoms with E-state index in [-0.39, 0.29) is 11.8 Å². The van der Waals surface area contributed by atoms with E-state index in [9.17, 15) is 4.79 Å². The number of pyridine rings is 1. The van der Waals surface area contributed by atoms with Gasteiger partial charge in [0.15, 0.2) is 5.65 Å². The number of nitrogens with one attached hydrogen (secondary N) is 1. The SMILES string of the molecule is CC(C)c1nnc2ccc(C(=O)NCCCN)cn12. The molecule has 0 aromatic carbocycles. The maximum absolute atomic E-state index is 12.0. The summed E-state index contributed by atoms with van der Waals surface area (Å²) in [4.78, 5) is 12.0. The number of nitrogens with zero attached hydrogens (tertiary/aromatic N) is 3. The zero-order chi connectivity index (χ0) is 13.8. The van der Waals surface area contributed by atoms with Crippen molar-refractivity contribution in [1.82, 2.24) is 19.9 Å². The molecule has 0 aliphatic heterocycles. The third-order valence-corrected chi connectivity index (χ3v) is 2.87. The van der Waals surface area contributed by atoms with E-state index < -0.39 is 0 Å². The van der Waals surface area contributed by atoms with Gasteiger partial charge >= 0.3 is 0 Å². The molecular weight excluding hydrogens is 242 g/mol. The van der Waals surface area contributed by atoms with Gasteiger partial charge in [-0.25, -0.2) is 0 Å². The van der Waals surface area contributed by atoms with Crippen LogP contribution >= 0.6 is 0 Å². The van der Waals surface area contributed by atoms with Crippen LogP contribution in [0.3, 0.4) is 0 Å². The van der Waals surface area contributed by atoms with Crippen LogP contribution in [0.2, 0.25) is 0 Å². The molecule has 19 heavy (non-hydrogen) atoms. The molecule has 2 heterocycles. The first-order valence-electron chi connectivity index (χ1n) is 6.46. The van der Waals surface area contributed by atoms with Crippen molar-refractivity contribution in [2.75, 3.05) is 13.1 Å². The predicted octanol–water partition coefficient (Wildman–Crippen LogP) is 0.931. The van der Waals surface area contributed by atoms with E-state index in [1.807, 2.05) is 18.2 Å². The Hall–Kier alpha value is -1.95. The smallest absolute Gasteiger partial charge is 0.252 e. The molecule has 0 unspecified atom stereocenters. The summed E-state index contributed by atoms with van der Waals surface area (Å²) in [5.41, 5.74) is 6.75. The average Bonchev–Trinajstić information content (AvgIpc) is 2.81. The van der Waals surface area contributed by atoms with Gasteiger partial charge in [-0.15, -0.1) is 10.2 Å². The lowest BCUT2D eigenvalue weighted by Gasteiger charge is -2.06. The lowest BCUT2D eigenvalue weighted by molar-refractivity contribution is 0.0953. The van der Waals surface area contributed by atoms with Gasteiger partial charge in [0.25, 0.3) is 5.91 Å². The summed E-state index contributed by atoms with van der Waals surface area (Å²) >= 11 is 0. The molecule has 2 aromatic heterocycles. The number of carbonyl (C=O) groups is 1. The minimum absolute atomic E-state index is 0.0984. The molecule has 0 atom stereocenters. The molecule has 0 fully saturated rings. The maximum atomic E-state index is 12.0. The Morgan fingerprint density at radius 3 is 2.89 bits per heavy atom. The standard InChI is InChI=1S/C13H19N5O/c1-9(2)12-17-16-11-5-4-10(8-18(11)12)13(19)15-7-3-6-14/h4-5,8-9H,3,6-7,14H2,1-2H3,(H,15,19). The van der Waals surface area contributed by atoms with E-state index in [0.717, 1.165) is 17.9 Å². The van der Waals surface area contributed by atoms with Gasteiger partial charge in [0.1, 0.15) is 5.82 Å². The number of aromatic nitrogens is 3. The lowest BCUT2D eigenvalue weighted by Crippen LogP contribution is -2.26. The molecule has 2 aromatic rings. The Morgan fingerprint density at radius 2 is 2.21 bits per heavy atom. The highest BCUT2D eigenvalue weighted by Crippen LogP contribution is 2.14. The first-order valence-corrected chi connectivity index (χ1v) is 6.46. The Kier molecular flexibility index (Phi) is 4.11. The summed E-state index contributed by atoms with van der Waals surface area (Å²) in [6.45, 7) is 5.25.